The van der Waals surface area contributed by atoms with Crippen molar-refractivity contribution in [1.29, 1.82) is 0 Å². The fraction of sp³-hybridized carbons (Fsp3) is 0.0870. The van der Waals surface area contributed by atoms with Crippen molar-refractivity contribution in [1.82, 2.24) is 4.98 Å². The standard InChI is InChI=1S/C23H17Cl2NO2S/c24-16-5-3-4-14(10-16)13-29-21-11-15(8-9-19(21)25)23-18(12-22(27)28)17-6-1-2-7-20(17)26-23/h1-11,26H,12-13H2,(H,27,28). The Morgan fingerprint density at radius 3 is 2.62 bits per heavy atom. The van der Waals surface area contributed by atoms with E-state index < -0.39 is 5.97 Å². The molecule has 4 aromatic rings. The lowest BCUT2D eigenvalue weighted by Crippen LogP contribution is -2.01. The lowest BCUT2D eigenvalue weighted by molar-refractivity contribution is -0.136. The van der Waals surface area contributed by atoms with E-state index in [1.165, 1.54) is 0 Å². The maximum Gasteiger partial charge on any atom is 0.307 e. The third-order valence-electron chi connectivity index (χ3n) is 4.64. The van der Waals surface area contributed by atoms with Gasteiger partial charge in [-0.2, -0.15) is 0 Å². The van der Waals surface area contributed by atoms with Gasteiger partial charge in [-0.3, -0.25) is 4.79 Å². The Kier molecular flexibility index (Phi) is 5.86. The molecule has 2 N–H and O–H groups in total. The van der Waals surface area contributed by atoms with Crippen LogP contribution in [0.15, 0.2) is 71.6 Å². The average molecular weight is 442 g/mol. The first kappa shape index (κ1) is 19.9. The van der Waals surface area contributed by atoms with Gasteiger partial charge in [0, 0.05) is 26.6 Å². The predicted molar refractivity (Wildman–Crippen MR) is 121 cm³/mol. The summed E-state index contributed by atoms with van der Waals surface area (Å²) in [6, 6.07) is 21.3. The molecule has 0 radical (unpaired) electrons. The summed E-state index contributed by atoms with van der Waals surface area (Å²) in [7, 11) is 0. The van der Waals surface area contributed by atoms with Crippen LogP contribution < -0.4 is 0 Å². The summed E-state index contributed by atoms with van der Waals surface area (Å²) in [4.78, 5) is 15.8. The molecule has 29 heavy (non-hydrogen) atoms. The third kappa shape index (κ3) is 4.45. The molecule has 0 unspecified atom stereocenters. The Hall–Kier alpha value is -2.40. The van der Waals surface area contributed by atoms with E-state index in [2.05, 4.69) is 4.98 Å². The zero-order chi connectivity index (χ0) is 20.4. The summed E-state index contributed by atoms with van der Waals surface area (Å²) in [6.45, 7) is 0. The fourth-order valence-electron chi connectivity index (χ4n) is 3.34. The lowest BCUT2D eigenvalue weighted by atomic mass is 10.0. The van der Waals surface area contributed by atoms with Crippen molar-refractivity contribution >= 4 is 51.8 Å². The van der Waals surface area contributed by atoms with E-state index in [1.54, 1.807) is 11.8 Å². The van der Waals surface area contributed by atoms with Gasteiger partial charge in [0.15, 0.2) is 0 Å². The lowest BCUT2D eigenvalue weighted by Gasteiger charge is -2.09. The minimum Gasteiger partial charge on any atom is -0.481 e. The number of para-hydroxylation sites is 1. The van der Waals surface area contributed by atoms with Gasteiger partial charge in [0.05, 0.1) is 17.1 Å². The van der Waals surface area contributed by atoms with Gasteiger partial charge >= 0.3 is 5.97 Å². The monoisotopic (exact) mass is 441 g/mol. The molecule has 0 atom stereocenters. The van der Waals surface area contributed by atoms with E-state index in [4.69, 9.17) is 23.2 Å². The molecule has 0 bridgehead atoms. The summed E-state index contributed by atoms with van der Waals surface area (Å²) < 4.78 is 0. The molecule has 0 aliphatic heterocycles. The normalized spacial score (nSPS) is 11.1. The van der Waals surface area contributed by atoms with Crippen LogP contribution in [0.4, 0.5) is 0 Å². The van der Waals surface area contributed by atoms with Crippen LogP contribution in [-0.2, 0) is 17.0 Å². The first-order chi connectivity index (χ1) is 14.0. The van der Waals surface area contributed by atoms with Crippen molar-refractivity contribution in [2.45, 2.75) is 17.1 Å². The molecule has 0 spiro atoms. The number of aliphatic carboxylic acids is 1. The van der Waals surface area contributed by atoms with Crippen molar-refractivity contribution in [3.05, 3.63) is 87.9 Å². The maximum absolute atomic E-state index is 11.5. The van der Waals surface area contributed by atoms with Crippen LogP contribution >= 0.6 is 35.0 Å². The van der Waals surface area contributed by atoms with Crippen molar-refractivity contribution in [3.8, 4) is 11.3 Å². The minimum absolute atomic E-state index is 0.0486. The first-order valence-electron chi connectivity index (χ1n) is 9.00. The number of nitrogens with one attached hydrogen (secondary N) is 1. The molecule has 0 saturated heterocycles. The number of hydrogen-bond donors (Lipinski definition) is 2. The summed E-state index contributed by atoms with van der Waals surface area (Å²) >= 11 is 14.1. The molecule has 1 aromatic heterocycles. The van der Waals surface area contributed by atoms with E-state index in [-0.39, 0.29) is 6.42 Å². The van der Waals surface area contributed by atoms with E-state index in [0.29, 0.717) is 10.0 Å². The largest absolute Gasteiger partial charge is 0.481 e. The van der Waals surface area contributed by atoms with Crippen LogP contribution in [0.2, 0.25) is 10.0 Å². The molecular weight excluding hydrogens is 425 g/mol. The molecule has 0 aliphatic carbocycles. The van der Waals surface area contributed by atoms with Crippen LogP contribution in [0.25, 0.3) is 22.2 Å². The molecule has 0 saturated carbocycles. The SMILES string of the molecule is O=C(O)Cc1c(-c2ccc(Cl)c(SCc3cccc(Cl)c3)c2)[nH]c2ccccc12. The molecule has 0 fully saturated rings. The Labute approximate surface area is 182 Å². The second kappa shape index (κ2) is 8.54. The van der Waals surface area contributed by atoms with Crippen molar-refractivity contribution in [2.75, 3.05) is 0 Å². The highest BCUT2D eigenvalue weighted by molar-refractivity contribution is 7.98. The third-order valence-corrected chi connectivity index (χ3v) is 6.45. The molecule has 0 aliphatic rings. The quantitative estimate of drug-likeness (QED) is 0.314. The highest BCUT2D eigenvalue weighted by Gasteiger charge is 2.16. The molecule has 3 aromatic carbocycles. The maximum atomic E-state index is 11.5. The number of fused-ring (bicyclic) bond motifs is 1. The number of aromatic nitrogens is 1. The second-order valence-corrected chi connectivity index (χ2v) is 8.52. The molecule has 146 valence electrons. The Morgan fingerprint density at radius 2 is 1.83 bits per heavy atom. The van der Waals surface area contributed by atoms with Gasteiger partial charge in [-0.25, -0.2) is 0 Å². The minimum atomic E-state index is -0.861. The van der Waals surface area contributed by atoms with Gasteiger partial charge in [0.2, 0.25) is 0 Å². The van der Waals surface area contributed by atoms with Crippen molar-refractivity contribution in [3.63, 3.8) is 0 Å². The van der Waals surface area contributed by atoms with Gasteiger partial charge in [-0.15, -0.1) is 11.8 Å². The number of benzene rings is 3. The number of carbonyl (C=O) groups is 1. The van der Waals surface area contributed by atoms with Gasteiger partial charge in [0.25, 0.3) is 0 Å². The number of halogens is 2. The van der Waals surface area contributed by atoms with E-state index in [9.17, 15) is 9.90 Å². The van der Waals surface area contributed by atoms with E-state index in [0.717, 1.165) is 43.9 Å². The van der Waals surface area contributed by atoms with Crippen LogP contribution in [0, 0.1) is 0 Å². The molecule has 6 heteroatoms. The van der Waals surface area contributed by atoms with Crippen LogP contribution in [0.1, 0.15) is 11.1 Å². The average Bonchev–Trinajstić information content (AvgIpc) is 3.05. The summed E-state index contributed by atoms with van der Waals surface area (Å²) in [5, 5.41) is 11.7. The Balaban J connectivity index is 1.71. The first-order valence-corrected chi connectivity index (χ1v) is 10.7. The Morgan fingerprint density at radius 1 is 1.00 bits per heavy atom. The van der Waals surface area contributed by atoms with Gasteiger partial charge in [0.1, 0.15) is 0 Å². The molecule has 0 amide bonds. The molecule has 4 rings (SSSR count). The number of thioether (sulfide) groups is 1. The summed E-state index contributed by atoms with van der Waals surface area (Å²) in [5.41, 5.74) is 4.54. The topological polar surface area (TPSA) is 53.1 Å². The number of hydrogen-bond acceptors (Lipinski definition) is 2. The second-order valence-electron chi connectivity index (χ2n) is 6.66. The van der Waals surface area contributed by atoms with Gasteiger partial charge in [-0.1, -0.05) is 59.6 Å². The zero-order valence-corrected chi connectivity index (χ0v) is 17.6. The molecule has 3 nitrogen and oxygen atoms in total. The van der Waals surface area contributed by atoms with Gasteiger partial charge in [-0.05, 0) is 47.0 Å². The Bertz CT molecular complexity index is 1200. The molecule has 1 heterocycles. The highest BCUT2D eigenvalue weighted by atomic mass is 35.5. The smallest absolute Gasteiger partial charge is 0.307 e. The summed E-state index contributed by atoms with van der Waals surface area (Å²) in [5.74, 6) is -0.126. The number of rotatable bonds is 6. The van der Waals surface area contributed by atoms with Crippen LogP contribution in [-0.4, -0.2) is 16.1 Å². The summed E-state index contributed by atoms with van der Waals surface area (Å²) in [6.07, 6.45) is -0.0486. The van der Waals surface area contributed by atoms with Crippen LogP contribution in [0.5, 0.6) is 0 Å². The zero-order valence-electron chi connectivity index (χ0n) is 15.3. The highest BCUT2D eigenvalue weighted by Crippen LogP contribution is 2.37. The fourth-order valence-corrected chi connectivity index (χ4v) is 4.75. The molecular formula is C23H17Cl2NO2S. The van der Waals surface area contributed by atoms with E-state index in [1.807, 2.05) is 66.7 Å². The van der Waals surface area contributed by atoms with Crippen LogP contribution in [0.3, 0.4) is 0 Å². The number of carboxylic acid groups (broad SMARTS) is 1. The van der Waals surface area contributed by atoms with Crippen molar-refractivity contribution < 1.29 is 9.90 Å². The van der Waals surface area contributed by atoms with E-state index >= 15 is 0 Å². The number of carboxylic acids is 1. The number of aromatic amines is 1. The number of H-pyrrole nitrogens is 1. The van der Waals surface area contributed by atoms with Gasteiger partial charge < -0.3 is 10.1 Å². The van der Waals surface area contributed by atoms with Crippen molar-refractivity contribution in [2.24, 2.45) is 0 Å². The predicted octanol–water partition coefficient (Wildman–Crippen LogP) is 7.06.